The Morgan fingerprint density at radius 3 is 2.10 bits per heavy atom. The first kappa shape index (κ1) is 34.7. The molecule has 1 aliphatic heterocycles. The van der Waals surface area contributed by atoms with Gasteiger partial charge in [-0.2, -0.15) is 0 Å². The zero-order valence-electron chi connectivity index (χ0n) is 22.8. The Bertz CT molecular complexity index is 1110. The van der Waals surface area contributed by atoms with Gasteiger partial charge in [-0.15, -0.1) is 0 Å². The number of carbonyl (C=O) groups is 6. The van der Waals surface area contributed by atoms with Gasteiger partial charge in [-0.3, -0.25) is 24.0 Å². The Balaban J connectivity index is 2.29. The molecule has 5 amide bonds. The Morgan fingerprint density at radius 1 is 0.833 bits per heavy atom. The summed E-state index contributed by atoms with van der Waals surface area (Å²) in [5.41, 5.74) is 12.0. The Morgan fingerprint density at radius 2 is 1.45 bits per heavy atom. The molecule has 15 nitrogen and oxygen atoms in total. The minimum absolute atomic E-state index is 0.00466. The normalized spacial score (nSPS) is 23.9. The number of benzene rings is 1. The molecule has 42 heavy (non-hydrogen) atoms. The molecule has 1 heterocycles. The van der Waals surface area contributed by atoms with Crippen molar-refractivity contribution >= 4 is 57.1 Å². The summed E-state index contributed by atoms with van der Waals surface area (Å²) in [5, 5.41) is 31.4. The number of aliphatic carboxylic acids is 1. The molecule has 1 aliphatic rings. The molecule has 1 saturated heterocycles. The smallest absolute Gasteiger partial charge is 0.327 e. The molecule has 0 aliphatic carbocycles. The number of carboxylic acid groups (broad SMARTS) is 1. The average Bonchev–Trinajstić information content (AvgIpc) is 2.95. The van der Waals surface area contributed by atoms with E-state index in [0.29, 0.717) is 24.9 Å². The maximum atomic E-state index is 13.4. The minimum atomic E-state index is -1.29. The van der Waals surface area contributed by atoms with E-state index < -0.39 is 72.8 Å². The molecule has 232 valence electrons. The fourth-order valence-electron chi connectivity index (χ4n) is 3.68. The highest BCUT2D eigenvalue weighted by Crippen LogP contribution is 2.22. The van der Waals surface area contributed by atoms with Crippen molar-refractivity contribution in [2.45, 2.75) is 49.9 Å². The van der Waals surface area contributed by atoms with Crippen molar-refractivity contribution < 1.29 is 39.0 Å². The van der Waals surface area contributed by atoms with Gasteiger partial charge >= 0.3 is 5.97 Å². The number of nitrogens with two attached hydrogens (primary N) is 2. The molecular weight excluding hydrogens is 590 g/mol. The third kappa shape index (κ3) is 12.5. The highest BCUT2D eigenvalue weighted by atomic mass is 33.1. The second-order valence-corrected chi connectivity index (χ2v) is 12.0. The Labute approximate surface area is 250 Å². The lowest BCUT2D eigenvalue weighted by Crippen LogP contribution is -2.56. The second kappa shape index (κ2) is 18.1. The molecule has 0 bridgehead atoms. The van der Waals surface area contributed by atoms with E-state index in [4.69, 9.17) is 11.5 Å². The first-order chi connectivity index (χ1) is 20.0. The van der Waals surface area contributed by atoms with Crippen LogP contribution < -0.4 is 38.1 Å². The van der Waals surface area contributed by atoms with Crippen molar-refractivity contribution in [1.29, 1.82) is 0 Å². The van der Waals surface area contributed by atoms with Gasteiger partial charge in [-0.1, -0.05) is 33.7 Å². The van der Waals surface area contributed by atoms with Crippen LogP contribution in [0.5, 0.6) is 5.75 Å². The number of hydrogen-bond acceptors (Lipinski definition) is 11. The topological polar surface area (TPSA) is 255 Å². The number of carboxylic acids is 1. The summed E-state index contributed by atoms with van der Waals surface area (Å²) in [5.74, 6) is -4.69. The van der Waals surface area contributed by atoms with Gasteiger partial charge in [0.25, 0.3) is 0 Å². The van der Waals surface area contributed by atoms with Crippen molar-refractivity contribution in [3.63, 3.8) is 0 Å². The zero-order valence-corrected chi connectivity index (χ0v) is 24.4. The molecule has 2 rings (SSSR count). The van der Waals surface area contributed by atoms with Crippen LogP contribution in [0.15, 0.2) is 24.3 Å². The highest BCUT2D eigenvalue weighted by Gasteiger charge is 2.28. The first-order valence-corrected chi connectivity index (χ1v) is 15.6. The first-order valence-electron chi connectivity index (χ1n) is 13.2. The van der Waals surface area contributed by atoms with Crippen LogP contribution in [-0.4, -0.2) is 101 Å². The number of carbonyl (C=O) groups excluding carboxylic acids is 5. The average molecular weight is 628 g/mol. The van der Waals surface area contributed by atoms with Gasteiger partial charge in [0.2, 0.25) is 29.5 Å². The van der Waals surface area contributed by atoms with Gasteiger partial charge in [-0.05, 0) is 43.5 Å². The Hall–Kier alpha value is -3.54. The zero-order chi connectivity index (χ0) is 31.1. The second-order valence-electron chi connectivity index (χ2n) is 9.41. The van der Waals surface area contributed by atoms with E-state index in [2.05, 4.69) is 26.6 Å². The Kier molecular flexibility index (Phi) is 14.9. The van der Waals surface area contributed by atoms with Crippen LogP contribution in [0.1, 0.15) is 24.8 Å². The molecule has 0 radical (unpaired) electrons. The van der Waals surface area contributed by atoms with Gasteiger partial charge in [-0.25, -0.2) is 4.79 Å². The van der Waals surface area contributed by atoms with Crippen LogP contribution in [0, 0.1) is 0 Å². The quantitative estimate of drug-likeness (QED) is 0.113. The van der Waals surface area contributed by atoms with Crippen molar-refractivity contribution in [3.05, 3.63) is 29.8 Å². The molecule has 1 aromatic carbocycles. The van der Waals surface area contributed by atoms with Gasteiger partial charge in [0.05, 0.1) is 19.1 Å². The molecule has 0 saturated carbocycles. The van der Waals surface area contributed by atoms with E-state index >= 15 is 0 Å². The predicted molar refractivity (Wildman–Crippen MR) is 157 cm³/mol. The van der Waals surface area contributed by atoms with Gasteiger partial charge in [0.15, 0.2) is 0 Å². The van der Waals surface area contributed by atoms with Crippen molar-refractivity contribution in [1.82, 2.24) is 26.6 Å². The van der Waals surface area contributed by atoms with E-state index in [9.17, 15) is 39.0 Å². The number of hydrogen-bond donors (Lipinski definition) is 9. The summed E-state index contributed by atoms with van der Waals surface area (Å²) in [4.78, 5) is 75.5. The third-order valence-electron chi connectivity index (χ3n) is 5.99. The summed E-state index contributed by atoms with van der Waals surface area (Å²) in [6.07, 6.45) is 1.20. The van der Waals surface area contributed by atoms with Crippen LogP contribution in [-0.2, 0) is 35.2 Å². The van der Waals surface area contributed by atoms with Crippen molar-refractivity contribution in [3.8, 4) is 5.75 Å². The van der Waals surface area contributed by atoms with Crippen molar-refractivity contribution in [2.24, 2.45) is 11.5 Å². The lowest BCUT2D eigenvalue weighted by atomic mass is 10.0. The molecule has 17 heteroatoms. The van der Waals surface area contributed by atoms with Gasteiger partial charge in [0, 0.05) is 17.9 Å². The minimum Gasteiger partial charge on any atom is -0.508 e. The predicted octanol–water partition coefficient (Wildman–Crippen LogP) is -2.44. The summed E-state index contributed by atoms with van der Waals surface area (Å²) < 4.78 is 0. The van der Waals surface area contributed by atoms with E-state index in [1.807, 2.05) is 0 Å². The fourth-order valence-corrected chi connectivity index (χ4v) is 5.96. The van der Waals surface area contributed by atoms with E-state index in [1.54, 1.807) is 12.1 Å². The summed E-state index contributed by atoms with van der Waals surface area (Å²) >= 11 is 0. The molecule has 4 atom stereocenters. The highest BCUT2D eigenvalue weighted by molar-refractivity contribution is 8.76. The molecule has 1 aromatic rings. The van der Waals surface area contributed by atoms with Crippen LogP contribution in [0.2, 0.25) is 0 Å². The maximum Gasteiger partial charge on any atom is 0.327 e. The summed E-state index contributed by atoms with van der Waals surface area (Å²) in [7, 11) is 2.20. The van der Waals surface area contributed by atoms with E-state index in [0.717, 1.165) is 21.6 Å². The van der Waals surface area contributed by atoms with Crippen LogP contribution in [0.4, 0.5) is 0 Å². The molecule has 1 fully saturated rings. The van der Waals surface area contributed by atoms with Crippen LogP contribution in [0.3, 0.4) is 0 Å². The van der Waals surface area contributed by atoms with Crippen LogP contribution in [0.25, 0.3) is 0 Å². The summed E-state index contributed by atoms with van der Waals surface area (Å²) in [6, 6.07) is 1.42. The van der Waals surface area contributed by atoms with E-state index in [1.165, 1.54) is 12.1 Å². The number of phenolic OH excluding ortho intramolecular Hbond substituents is 1. The molecular formula is C25H37N7O8S2. The number of nitrogens with one attached hydrogen (secondary N) is 5. The number of unbranched alkanes of at least 4 members (excludes halogenated alkanes) is 1. The molecule has 0 aromatic heterocycles. The molecule has 0 unspecified atom stereocenters. The fraction of sp³-hybridized carbons (Fsp3) is 0.520. The van der Waals surface area contributed by atoms with Gasteiger partial charge in [0.1, 0.15) is 23.9 Å². The molecule has 11 N–H and O–H groups in total. The number of aromatic hydroxyl groups is 1. The number of amides is 5. The third-order valence-corrected chi connectivity index (χ3v) is 8.44. The maximum absolute atomic E-state index is 13.4. The van der Waals surface area contributed by atoms with E-state index in [-0.39, 0.29) is 30.1 Å². The van der Waals surface area contributed by atoms with Gasteiger partial charge < -0.3 is 48.3 Å². The standard InChI is InChI=1S/C25H37N7O8S2/c26-8-2-1-3-17-23(37)29-11-21(35)31-19(25(39)40)13-42-41-12-16(27)22(36)28-10-20(34)30-18(24(38)32-17)9-14-4-6-15(33)7-5-14/h4-7,16-19,33H,1-3,8-13,26-27H2,(H,28,36)(H,29,37)(H,30,34)(H,31,35)(H,32,38)(H,39,40)/t16-,17-,18-,19-/m0/s1. The lowest BCUT2D eigenvalue weighted by molar-refractivity contribution is -0.141. The number of phenols is 1. The van der Waals surface area contributed by atoms with Crippen molar-refractivity contribution in [2.75, 3.05) is 31.1 Å². The van der Waals surface area contributed by atoms with Crippen LogP contribution >= 0.6 is 21.6 Å². The number of rotatable bonds is 7. The summed E-state index contributed by atoms with van der Waals surface area (Å²) in [6.45, 7) is -0.661. The monoisotopic (exact) mass is 627 g/mol. The SMILES string of the molecule is NCCCC[C@@H]1NC(=O)[C@H](Cc2ccc(O)cc2)NC(=O)CNC(=O)[C@@H](N)CSSC[C@@H](C(=O)O)NC(=O)CNC1=O. The lowest BCUT2D eigenvalue weighted by Gasteiger charge is -2.24. The molecule has 0 spiro atoms. The largest absolute Gasteiger partial charge is 0.508 e.